The van der Waals surface area contributed by atoms with Gasteiger partial charge in [0.15, 0.2) is 0 Å². The van der Waals surface area contributed by atoms with E-state index in [0.29, 0.717) is 10.8 Å². The van der Waals surface area contributed by atoms with Gasteiger partial charge in [0, 0.05) is 12.3 Å². The zero-order chi connectivity index (χ0) is 12.4. The van der Waals surface area contributed by atoms with Crippen LogP contribution in [0.25, 0.3) is 5.69 Å². The molecule has 2 heterocycles. The number of primary amides is 1. The number of nitrogens with two attached hydrogens (primary N) is 1. The standard InChI is InChI=1S/C11H8ClN3O2/c12-9-3-2-8(5-14-9)15-6-7(11(13)17)1-4-10(15)16/h1-6H,(H2,13,17). The molecular formula is C11H8ClN3O2. The molecule has 2 N–H and O–H groups in total. The maximum absolute atomic E-state index is 11.6. The Bertz CT molecular complexity index is 619. The van der Waals surface area contributed by atoms with E-state index >= 15 is 0 Å². The molecule has 86 valence electrons. The van der Waals surface area contributed by atoms with Gasteiger partial charge in [0.1, 0.15) is 5.15 Å². The Hall–Kier alpha value is -2.14. The number of hydrogen-bond donors (Lipinski definition) is 1. The summed E-state index contributed by atoms with van der Waals surface area (Å²) < 4.78 is 1.28. The zero-order valence-corrected chi connectivity index (χ0v) is 9.39. The van der Waals surface area contributed by atoms with Gasteiger partial charge in [0.2, 0.25) is 5.91 Å². The normalized spacial score (nSPS) is 10.2. The number of halogens is 1. The molecule has 0 aliphatic rings. The van der Waals surface area contributed by atoms with Gasteiger partial charge in [-0.25, -0.2) is 4.98 Å². The first-order chi connectivity index (χ1) is 8.08. The van der Waals surface area contributed by atoms with E-state index in [0.717, 1.165) is 0 Å². The van der Waals surface area contributed by atoms with Crippen molar-refractivity contribution < 1.29 is 4.79 Å². The molecule has 0 unspecified atom stereocenters. The van der Waals surface area contributed by atoms with Gasteiger partial charge in [0.25, 0.3) is 5.56 Å². The summed E-state index contributed by atoms with van der Waals surface area (Å²) in [5.41, 5.74) is 5.63. The van der Waals surface area contributed by atoms with Crippen molar-refractivity contribution in [1.29, 1.82) is 0 Å². The summed E-state index contributed by atoms with van der Waals surface area (Å²) in [5.74, 6) is -0.597. The van der Waals surface area contributed by atoms with Crippen LogP contribution in [0.15, 0.2) is 41.5 Å². The Kier molecular flexibility index (Phi) is 2.93. The number of pyridine rings is 2. The van der Waals surface area contributed by atoms with Crippen molar-refractivity contribution in [2.75, 3.05) is 0 Å². The third-order valence-corrected chi connectivity index (χ3v) is 2.41. The highest BCUT2D eigenvalue weighted by molar-refractivity contribution is 6.29. The third-order valence-electron chi connectivity index (χ3n) is 2.19. The maximum atomic E-state index is 11.6. The molecule has 0 aromatic carbocycles. The van der Waals surface area contributed by atoms with Crippen LogP contribution in [0.4, 0.5) is 0 Å². The van der Waals surface area contributed by atoms with Crippen molar-refractivity contribution in [3.05, 3.63) is 57.7 Å². The lowest BCUT2D eigenvalue weighted by Crippen LogP contribution is -2.20. The molecule has 0 atom stereocenters. The van der Waals surface area contributed by atoms with E-state index in [1.165, 1.54) is 29.1 Å². The minimum Gasteiger partial charge on any atom is -0.366 e. The van der Waals surface area contributed by atoms with Crippen LogP contribution in [0.1, 0.15) is 10.4 Å². The summed E-state index contributed by atoms with van der Waals surface area (Å²) in [6.07, 6.45) is 2.81. The zero-order valence-electron chi connectivity index (χ0n) is 8.63. The molecule has 17 heavy (non-hydrogen) atoms. The smallest absolute Gasteiger partial charge is 0.255 e. The molecule has 0 aliphatic heterocycles. The van der Waals surface area contributed by atoms with Gasteiger partial charge >= 0.3 is 0 Å². The molecular weight excluding hydrogens is 242 g/mol. The topological polar surface area (TPSA) is 78.0 Å². The van der Waals surface area contributed by atoms with Gasteiger partial charge in [-0.05, 0) is 18.2 Å². The fraction of sp³-hybridized carbons (Fsp3) is 0. The van der Waals surface area contributed by atoms with Crippen LogP contribution < -0.4 is 11.3 Å². The number of nitrogens with zero attached hydrogens (tertiary/aromatic N) is 2. The number of rotatable bonds is 2. The van der Waals surface area contributed by atoms with Gasteiger partial charge in [-0.1, -0.05) is 11.6 Å². The molecule has 0 radical (unpaired) electrons. The predicted molar refractivity (Wildman–Crippen MR) is 63.4 cm³/mol. The molecule has 1 amide bonds. The lowest BCUT2D eigenvalue weighted by atomic mass is 10.2. The SMILES string of the molecule is NC(=O)c1ccc(=O)n(-c2ccc(Cl)nc2)c1. The van der Waals surface area contributed by atoms with E-state index in [2.05, 4.69) is 4.98 Å². The van der Waals surface area contributed by atoms with Gasteiger partial charge in [0.05, 0.1) is 17.4 Å². The molecule has 2 aromatic heterocycles. The first-order valence-electron chi connectivity index (χ1n) is 4.72. The van der Waals surface area contributed by atoms with Crippen molar-refractivity contribution in [2.24, 2.45) is 5.73 Å². The molecule has 0 saturated carbocycles. The highest BCUT2D eigenvalue weighted by Crippen LogP contribution is 2.08. The molecule has 0 aliphatic carbocycles. The molecule has 5 nitrogen and oxygen atoms in total. The van der Waals surface area contributed by atoms with Crippen LogP contribution in [0, 0.1) is 0 Å². The quantitative estimate of drug-likeness (QED) is 0.806. The van der Waals surface area contributed by atoms with E-state index in [-0.39, 0.29) is 11.1 Å². The highest BCUT2D eigenvalue weighted by Gasteiger charge is 2.05. The molecule has 2 rings (SSSR count). The third kappa shape index (κ3) is 2.34. The van der Waals surface area contributed by atoms with Crippen LogP contribution >= 0.6 is 11.6 Å². The monoisotopic (exact) mass is 249 g/mol. The summed E-state index contributed by atoms with van der Waals surface area (Å²) in [6, 6.07) is 5.83. The van der Waals surface area contributed by atoms with E-state index in [9.17, 15) is 9.59 Å². The average molecular weight is 250 g/mol. The van der Waals surface area contributed by atoms with E-state index in [1.54, 1.807) is 12.1 Å². The summed E-state index contributed by atoms with van der Waals surface area (Å²) in [4.78, 5) is 26.5. The number of carbonyl (C=O) groups is 1. The van der Waals surface area contributed by atoms with Gasteiger partial charge in [-0.3, -0.25) is 14.2 Å². The fourth-order valence-electron chi connectivity index (χ4n) is 1.35. The lowest BCUT2D eigenvalue weighted by Gasteiger charge is -2.06. The summed E-state index contributed by atoms with van der Waals surface area (Å²) in [6.45, 7) is 0. The predicted octanol–water partition coefficient (Wildman–Crippen LogP) is 0.985. The van der Waals surface area contributed by atoms with Crippen LogP contribution in [0.2, 0.25) is 5.15 Å². The average Bonchev–Trinajstić information content (AvgIpc) is 2.31. The van der Waals surface area contributed by atoms with E-state index in [1.807, 2.05) is 0 Å². The number of hydrogen-bond acceptors (Lipinski definition) is 3. The van der Waals surface area contributed by atoms with Crippen molar-refractivity contribution in [1.82, 2.24) is 9.55 Å². The number of amides is 1. The minimum absolute atomic E-state index is 0.250. The minimum atomic E-state index is -0.597. The molecule has 6 heteroatoms. The maximum Gasteiger partial charge on any atom is 0.255 e. The van der Waals surface area contributed by atoms with Gasteiger partial charge in [-0.2, -0.15) is 0 Å². The van der Waals surface area contributed by atoms with Gasteiger partial charge < -0.3 is 5.73 Å². The second-order valence-corrected chi connectivity index (χ2v) is 3.72. The first-order valence-corrected chi connectivity index (χ1v) is 5.10. The van der Waals surface area contributed by atoms with E-state index < -0.39 is 5.91 Å². The summed E-state index contributed by atoms with van der Waals surface area (Å²) in [7, 11) is 0. The van der Waals surface area contributed by atoms with Crippen LogP contribution in [-0.4, -0.2) is 15.5 Å². The van der Waals surface area contributed by atoms with Crippen molar-refractivity contribution in [3.8, 4) is 5.69 Å². The summed E-state index contributed by atoms with van der Waals surface area (Å²) >= 11 is 5.65. The Morgan fingerprint density at radius 1 is 1.29 bits per heavy atom. The molecule has 0 spiro atoms. The Morgan fingerprint density at radius 3 is 2.65 bits per heavy atom. The largest absolute Gasteiger partial charge is 0.366 e. The second kappa shape index (κ2) is 4.39. The highest BCUT2D eigenvalue weighted by atomic mass is 35.5. The molecule has 2 aromatic rings. The first kappa shape index (κ1) is 11.3. The van der Waals surface area contributed by atoms with Crippen molar-refractivity contribution >= 4 is 17.5 Å². The van der Waals surface area contributed by atoms with Gasteiger partial charge in [-0.15, -0.1) is 0 Å². The molecule has 0 saturated heterocycles. The van der Waals surface area contributed by atoms with Crippen molar-refractivity contribution in [3.63, 3.8) is 0 Å². The number of aromatic nitrogens is 2. The second-order valence-electron chi connectivity index (χ2n) is 3.33. The van der Waals surface area contributed by atoms with Crippen molar-refractivity contribution in [2.45, 2.75) is 0 Å². The fourth-order valence-corrected chi connectivity index (χ4v) is 1.46. The van der Waals surface area contributed by atoms with Crippen LogP contribution in [0.3, 0.4) is 0 Å². The number of carbonyl (C=O) groups excluding carboxylic acids is 1. The molecule has 0 bridgehead atoms. The van der Waals surface area contributed by atoms with Crippen LogP contribution in [-0.2, 0) is 0 Å². The molecule has 0 fully saturated rings. The van der Waals surface area contributed by atoms with Crippen LogP contribution in [0.5, 0.6) is 0 Å². The lowest BCUT2D eigenvalue weighted by molar-refractivity contribution is 0.0999. The Labute approximate surface area is 101 Å². The Morgan fingerprint density at radius 2 is 2.06 bits per heavy atom. The summed E-state index contributed by atoms with van der Waals surface area (Å²) in [5, 5.41) is 0.327. The van der Waals surface area contributed by atoms with E-state index in [4.69, 9.17) is 17.3 Å². The Balaban J connectivity index is 2.58.